The second kappa shape index (κ2) is 3.14. The molecule has 0 spiro atoms. The molecule has 0 aromatic rings. The first-order valence-corrected chi connectivity index (χ1v) is 2.67. The third-order valence-electron chi connectivity index (χ3n) is 0.783. The van der Waals surface area contributed by atoms with Gasteiger partial charge in [0, 0.05) is 17.6 Å². The van der Waals surface area contributed by atoms with Crippen molar-refractivity contribution >= 4 is 0 Å². The first kappa shape index (κ1) is 8.04. The van der Waals surface area contributed by atoms with E-state index in [0.717, 1.165) is 5.70 Å². The fourth-order valence-electron chi connectivity index (χ4n) is 0.330. The van der Waals surface area contributed by atoms with Gasteiger partial charge in [-0.25, -0.2) is 5.84 Å². The molecule has 0 amide bonds. The van der Waals surface area contributed by atoms with E-state index in [2.05, 4.69) is 6.58 Å². The molecule has 0 saturated carbocycles. The van der Waals surface area contributed by atoms with Gasteiger partial charge in [0.2, 0.25) is 0 Å². The molecule has 52 valence electrons. The molecule has 0 aromatic heterocycles. The van der Waals surface area contributed by atoms with Crippen molar-refractivity contribution in [3.05, 3.63) is 24.2 Å². The standard InChI is InChI=1S/C6H13N3/c1-5(2)9(8)4-6(3)7/h4H,1,7-8H2,2-3H3/b6-4-. The zero-order chi connectivity index (χ0) is 7.44. The molecule has 0 aliphatic heterocycles. The van der Waals surface area contributed by atoms with Crippen LogP contribution in [0, 0.1) is 0 Å². The molecule has 0 aliphatic rings. The van der Waals surface area contributed by atoms with Crippen LogP contribution in [-0.2, 0) is 0 Å². The van der Waals surface area contributed by atoms with Gasteiger partial charge >= 0.3 is 0 Å². The molecule has 0 fully saturated rings. The van der Waals surface area contributed by atoms with Crippen LogP contribution in [0.2, 0.25) is 0 Å². The molecule has 0 radical (unpaired) electrons. The van der Waals surface area contributed by atoms with Crippen LogP contribution in [0.1, 0.15) is 13.8 Å². The van der Waals surface area contributed by atoms with Crippen molar-refractivity contribution in [1.82, 2.24) is 5.01 Å². The number of hydrogen-bond donors (Lipinski definition) is 2. The Hall–Kier alpha value is -0.960. The Morgan fingerprint density at radius 2 is 2.00 bits per heavy atom. The Morgan fingerprint density at radius 1 is 1.56 bits per heavy atom. The van der Waals surface area contributed by atoms with Gasteiger partial charge in [0.1, 0.15) is 0 Å². The molecule has 0 heterocycles. The first-order valence-electron chi connectivity index (χ1n) is 2.67. The fourth-order valence-corrected chi connectivity index (χ4v) is 0.330. The third kappa shape index (κ3) is 3.61. The van der Waals surface area contributed by atoms with Crippen LogP contribution >= 0.6 is 0 Å². The Balaban J connectivity index is 3.91. The molecular formula is C6H13N3. The summed E-state index contributed by atoms with van der Waals surface area (Å²) in [7, 11) is 0. The lowest BCUT2D eigenvalue weighted by Gasteiger charge is -2.12. The maximum Gasteiger partial charge on any atom is 0.0394 e. The molecule has 0 aliphatic carbocycles. The number of allylic oxidation sites excluding steroid dienone is 2. The summed E-state index contributed by atoms with van der Waals surface area (Å²) < 4.78 is 0. The molecule has 0 unspecified atom stereocenters. The highest BCUT2D eigenvalue weighted by Crippen LogP contribution is 1.93. The summed E-state index contributed by atoms with van der Waals surface area (Å²) in [6.45, 7) is 7.18. The van der Waals surface area contributed by atoms with Crippen LogP contribution in [0.3, 0.4) is 0 Å². The maximum absolute atomic E-state index is 5.39. The van der Waals surface area contributed by atoms with Crippen LogP contribution in [0.4, 0.5) is 0 Å². The largest absolute Gasteiger partial charge is 0.401 e. The van der Waals surface area contributed by atoms with Crippen molar-refractivity contribution in [1.29, 1.82) is 0 Å². The van der Waals surface area contributed by atoms with Crippen LogP contribution in [-0.4, -0.2) is 5.01 Å². The van der Waals surface area contributed by atoms with E-state index in [1.165, 1.54) is 5.01 Å². The minimum atomic E-state index is 0.667. The zero-order valence-electron chi connectivity index (χ0n) is 5.89. The van der Waals surface area contributed by atoms with Crippen molar-refractivity contribution in [2.45, 2.75) is 13.8 Å². The minimum absolute atomic E-state index is 0.667. The SMILES string of the molecule is C=C(C)N(N)/C=C(/C)N. The molecule has 0 bridgehead atoms. The second-order valence-corrected chi connectivity index (χ2v) is 2.02. The molecule has 4 N–H and O–H groups in total. The Morgan fingerprint density at radius 3 is 2.11 bits per heavy atom. The quantitative estimate of drug-likeness (QED) is 0.420. The number of rotatable bonds is 2. The van der Waals surface area contributed by atoms with E-state index < -0.39 is 0 Å². The average Bonchev–Trinajstić information content (AvgIpc) is 1.63. The van der Waals surface area contributed by atoms with Gasteiger partial charge in [-0.2, -0.15) is 0 Å². The lowest BCUT2D eigenvalue weighted by atomic mass is 10.5. The molecular weight excluding hydrogens is 114 g/mol. The second-order valence-electron chi connectivity index (χ2n) is 2.02. The van der Waals surface area contributed by atoms with E-state index in [1.807, 2.05) is 0 Å². The first-order chi connectivity index (χ1) is 4.04. The molecule has 0 aromatic carbocycles. The Kier molecular flexibility index (Phi) is 2.81. The predicted octanol–water partition coefficient (Wildman–Crippen LogP) is 0.516. The summed E-state index contributed by atoms with van der Waals surface area (Å²) in [6.07, 6.45) is 1.61. The highest BCUT2D eigenvalue weighted by atomic mass is 15.4. The highest BCUT2D eigenvalue weighted by molar-refractivity contribution is 4.98. The molecule has 0 rings (SSSR count). The van der Waals surface area contributed by atoms with Gasteiger partial charge in [-0.05, 0) is 13.8 Å². The number of nitrogens with zero attached hydrogens (tertiary/aromatic N) is 1. The van der Waals surface area contributed by atoms with Gasteiger partial charge in [-0.3, -0.25) is 5.01 Å². The monoisotopic (exact) mass is 127 g/mol. The van der Waals surface area contributed by atoms with E-state index in [4.69, 9.17) is 11.6 Å². The molecule has 3 heteroatoms. The predicted molar refractivity (Wildman–Crippen MR) is 38.8 cm³/mol. The van der Waals surface area contributed by atoms with Gasteiger partial charge in [0.25, 0.3) is 0 Å². The summed E-state index contributed by atoms with van der Waals surface area (Å²) in [5.41, 5.74) is 6.76. The van der Waals surface area contributed by atoms with Crippen molar-refractivity contribution < 1.29 is 0 Å². The van der Waals surface area contributed by atoms with Gasteiger partial charge in [-0.15, -0.1) is 0 Å². The summed E-state index contributed by atoms with van der Waals surface area (Å²) in [5.74, 6) is 5.39. The number of hydrogen-bond acceptors (Lipinski definition) is 3. The topological polar surface area (TPSA) is 55.3 Å². The number of nitrogens with two attached hydrogens (primary N) is 2. The Bertz CT molecular complexity index is 133. The van der Waals surface area contributed by atoms with E-state index in [1.54, 1.807) is 20.0 Å². The summed E-state index contributed by atoms with van der Waals surface area (Å²) >= 11 is 0. The Labute approximate surface area is 55.6 Å². The maximum atomic E-state index is 5.39. The lowest BCUT2D eigenvalue weighted by molar-refractivity contribution is 0.491. The highest BCUT2D eigenvalue weighted by Gasteiger charge is 1.89. The molecule has 0 saturated heterocycles. The smallest absolute Gasteiger partial charge is 0.0394 e. The third-order valence-corrected chi connectivity index (χ3v) is 0.783. The molecule has 0 atom stereocenters. The van der Waals surface area contributed by atoms with Gasteiger partial charge < -0.3 is 5.73 Å². The summed E-state index contributed by atoms with van der Waals surface area (Å²) in [5, 5.41) is 1.38. The van der Waals surface area contributed by atoms with Crippen LogP contribution in [0.25, 0.3) is 0 Å². The summed E-state index contributed by atoms with van der Waals surface area (Å²) in [6, 6.07) is 0. The molecule has 3 nitrogen and oxygen atoms in total. The van der Waals surface area contributed by atoms with Crippen LogP contribution < -0.4 is 11.6 Å². The van der Waals surface area contributed by atoms with Crippen molar-refractivity contribution in [2.24, 2.45) is 11.6 Å². The van der Waals surface area contributed by atoms with Crippen molar-refractivity contribution in [2.75, 3.05) is 0 Å². The minimum Gasteiger partial charge on any atom is -0.401 e. The van der Waals surface area contributed by atoms with Gasteiger partial charge in [-0.1, -0.05) is 6.58 Å². The lowest BCUT2D eigenvalue weighted by Crippen LogP contribution is -2.23. The van der Waals surface area contributed by atoms with Crippen LogP contribution in [0.5, 0.6) is 0 Å². The van der Waals surface area contributed by atoms with E-state index >= 15 is 0 Å². The zero-order valence-corrected chi connectivity index (χ0v) is 5.89. The van der Waals surface area contributed by atoms with E-state index in [-0.39, 0.29) is 0 Å². The normalized spacial score (nSPS) is 11.2. The average molecular weight is 127 g/mol. The van der Waals surface area contributed by atoms with Crippen molar-refractivity contribution in [3.8, 4) is 0 Å². The molecule has 9 heavy (non-hydrogen) atoms. The summed E-state index contributed by atoms with van der Waals surface area (Å²) in [4.78, 5) is 0. The van der Waals surface area contributed by atoms with E-state index in [0.29, 0.717) is 5.70 Å². The van der Waals surface area contributed by atoms with Crippen molar-refractivity contribution in [3.63, 3.8) is 0 Å². The number of hydrazine groups is 1. The fraction of sp³-hybridized carbons (Fsp3) is 0.333. The van der Waals surface area contributed by atoms with Crippen LogP contribution in [0.15, 0.2) is 24.2 Å². The van der Waals surface area contributed by atoms with E-state index in [9.17, 15) is 0 Å². The van der Waals surface area contributed by atoms with Gasteiger partial charge in [0.05, 0.1) is 0 Å². The van der Waals surface area contributed by atoms with Gasteiger partial charge in [0.15, 0.2) is 0 Å².